The zero-order valence-electron chi connectivity index (χ0n) is 7.74. The highest BCUT2D eigenvalue weighted by molar-refractivity contribution is 5.63. The first-order valence-corrected chi connectivity index (χ1v) is 3.79. The Bertz CT molecular complexity index is 238. The lowest BCUT2D eigenvalue weighted by Gasteiger charge is -1.89. The van der Waals surface area contributed by atoms with Crippen molar-refractivity contribution in [2.45, 2.75) is 20.4 Å². The van der Waals surface area contributed by atoms with Gasteiger partial charge in [-0.2, -0.15) is 0 Å². The van der Waals surface area contributed by atoms with Crippen LogP contribution < -0.4 is 9.67 Å². The van der Waals surface area contributed by atoms with Gasteiger partial charge in [-0.15, -0.1) is 0 Å². The van der Waals surface area contributed by atoms with E-state index in [2.05, 4.69) is 24.0 Å². The van der Waals surface area contributed by atoms with Crippen LogP contribution in [0.3, 0.4) is 0 Å². The number of rotatable bonds is 1. The minimum atomic E-state index is -0.583. The summed E-state index contributed by atoms with van der Waals surface area (Å²) in [5.74, 6) is -0.583. The maximum Gasteiger partial charge on any atom is 0.243 e. The van der Waals surface area contributed by atoms with Gasteiger partial charge in [-0.25, -0.2) is 9.13 Å². The standard InChI is InChI=1S/C6H11N2.C2H5NO/c1-3-8-5-4-7(2)6-8;1-2(3)4/h4-6H,3H2,1-2H3;1H3,(H2,3,4)/q+1;/p-1. The zero-order valence-corrected chi connectivity index (χ0v) is 7.74. The Balaban J connectivity index is 0.000000261. The molecular formula is C8H15N3O. The van der Waals surface area contributed by atoms with E-state index in [-0.39, 0.29) is 0 Å². The van der Waals surface area contributed by atoms with Gasteiger partial charge >= 0.3 is 0 Å². The Labute approximate surface area is 72.6 Å². The van der Waals surface area contributed by atoms with Crippen molar-refractivity contribution in [2.75, 3.05) is 0 Å². The lowest BCUT2D eigenvalue weighted by molar-refractivity contribution is -0.671. The molecule has 68 valence electrons. The molecule has 0 saturated heterocycles. The molecule has 0 amide bonds. The van der Waals surface area contributed by atoms with E-state index < -0.39 is 5.90 Å². The second-order valence-electron chi connectivity index (χ2n) is 2.47. The molecule has 1 aromatic rings. The maximum absolute atomic E-state index is 9.11. The predicted molar refractivity (Wildman–Crippen MR) is 44.7 cm³/mol. The first kappa shape index (κ1) is 10.7. The SMILES string of the molecule is CC(=N)[O-].CCn1cc[n+](C)c1. The van der Waals surface area contributed by atoms with Crippen LogP contribution in [0.15, 0.2) is 18.7 Å². The van der Waals surface area contributed by atoms with E-state index in [1.54, 1.807) is 0 Å². The van der Waals surface area contributed by atoms with Crippen LogP contribution in [-0.2, 0) is 13.6 Å². The van der Waals surface area contributed by atoms with Gasteiger partial charge in [0.15, 0.2) is 0 Å². The van der Waals surface area contributed by atoms with Crippen molar-refractivity contribution in [3.05, 3.63) is 18.7 Å². The van der Waals surface area contributed by atoms with Gasteiger partial charge in [0.25, 0.3) is 0 Å². The van der Waals surface area contributed by atoms with E-state index in [0.29, 0.717) is 0 Å². The van der Waals surface area contributed by atoms with E-state index in [4.69, 9.17) is 10.5 Å². The van der Waals surface area contributed by atoms with Crippen LogP contribution in [-0.4, -0.2) is 10.5 Å². The predicted octanol–water partition coefficient (Wildman–Crippen LogP) is -0.324. The Morgan fingerprint density at radius 3 is 2.33 bits per heavy atom. The smallest absolute Gasteiger partial charge is 0.243 e. The van der Waals surface area contributed by atoms with Crippen molar-refractivity contribution in [3.8, 4) is 0 Å². The van der Waals surface area contributed by atoms with Crippen LogP contribution in [0.5, 0.6) is 0 Å². The molecular weight excluding hydrogens is 154 g/mol. The van der Waals surface area contributed by atoms with E-state index in [9.17, 15) is 0 Å². The largest absolute Gasteiger partial charge is 0.862 e. The summed E-state index contributed by atoms with van der Waals surface area (Å²) in [6.07, 6.45) is 6.14. The van der Waals surface area contributed by atoms with Gasteiger partial charge in [0, 0.05) is 0 Å². The molecule has 0 aliphatic rings. The molecule has 0 fully saturated rings. The average Bonchev–Trinajstić information content (AvgIpc) is 2.34. The van der Waals surface area contributed by atoms with Gasteiger partial charge in [-0.1, -0.05) is 0 Å². The van der Waals surface area contributed by atoms with Crippen LogP contribution in [0.25, 0.3) is 0 Å². The van der Waals surface area contributed by atoms with Crippen molar-refractivity contribution in [1.29, 1.82) is 5.41 Å². The lowest BCUT2D eigenvalue weighted by Crippen LogP contribution is -2.23. The molecule has 1 rings (SSSR count). The fourth-order valence-electron chi connectivity index (χ4n) is 0.689. The third-order valence-corrected chi connectivity index (χ3v) is 1.19. The van der Waals surface area contributed by atoms with E-state index >= 15 is 0 Å². The highest BCUT2D eigenvalue weighted by Crippen LogP contribution is 1.79. The van der Waals surface area contributed by atoms with Crippen molar-refractivity contribution in [3.63, 3.8) is 0 Å². The zero-order chi connectivity index (χ0) is 9.56. The van der Waals surface area contributed by atoms with Crippen molar-refractivity contribution in [2.24, 2.45) is 7.05 Å². The molecule has 1 aromatic heterocycles. The molecule has 0 atom stereocenters. The highest BCUT2D eigenvalue weighted by Gasteiger charge is 1.92. The molecule has 0 bridgehead atoms. The molecule has 0 aliphatic carbocycles. The summed E-state index contributed by atoms with van der Waals surface area (Å²) in [5.41, 5.74) is 0. The summed E-state index contributed by atoms with van der Waals surface area (Å²) in [5, 5.41) is 15.1. The normalized spacial score (nSPS) is 8.58. The average molecular weight is 169 g/mol. The van der Waals surface area contributed by atoms with Gasteiger partial charge < -0.3 is 10.5 Å². The van der Waals surface area contributed by atoms with Crippen LogP contribution in [0.4, 0.5) is 0 Å². The number of hydrogen-bond donors (Lipinski definition) is 1. The molecule has 0 aliphatic heterocycles. The van der Waals surface area contributed by atoms with Crippen LogP contribution in [0, 0.1) is 5.41 Å². The van der Waals surface area contributed by atoms with Crippen molar-refractivity contribution >= 4 is 5.90 Å². The lowest BCUT2D eigenvalue weighted by atomic mass is 10.7. The number of aromatic nitrogens is 2. The van der Waals surface area contributed by atoms with Crippen molar-refractivity contribution in [1.82, 2.24) is 4.57 Å². The topological polar surface area (TPSA) is 55.7 Å². The summed E-state index contributed by atoms with van der Waals surface area (Å²) in [6, 6.07) is 0. The molecule has 1 heterocycles. The molecule has 0 unspecified atom stereocenters. The molecule has 4 nitrogen and oxygen atoms in total. The molecule has 0 spiro atoms. The summed E-state index contributed by atoms with van der Waals surface area (Å²) >= 11 is 0. The Morgan fingerprint density at radius 2 is 2.17 bits per heavy atom. The molecule has 0 radical (unpaired) electrons. The number of imidazole rings is 1. The molecule has 0 saturated carbocycles. The van der Waals surface area contributed by atoms with Gasteiger partial charge in [0.1, 0.15) is 12.4 Å². The van der Waals surface area contributed by atoms with Gasteiger partial charge in [0.05, 0.1) is 13.6 Å². The van der Waals surface area contributed by atoms with Crippen LogP contribution >= 0.6 is 0 Å². The quantitative estimate of drug-likeness (QED) is 0.349. The number of nitrogens with one attached hydrogen (secondary N) is 1. The van der Waals surface area contributed by atoms with Gasteiger partial charge in [0.2, 0.25) is 6.33 Å². The fourth-order valence-corrected chi connectivity index (χ4v) is 0.689. The molecule has 1 N–H and O–H groups in total. The fraction of sp³-hybridized carbons (Fsp3) is 0.500. The summed E-state index contributed by atoms with van der Waals surface area (Å²) < 4.78 is 4.16. The van der Waals surface area contributed by atoms with Crippen LogP contribution in [0.1, 0.15) is 13.8 Å². The summed E-state index contributed by atoms with van der Waals surface area (Å²) in [7, 11) is 2.02. The highest BCUT2D eigenvalue weighted by atomic mass is 16.3. The first-order valence-electron chi connectivity index (χ1n) is 3.79. The Kier molecular flexibility index (Phi) is 4.76. The second-order valence-corrected chi connectivity index (χ2v) is 2.47. The minimum absolute atomic E-state index is 0.583. The number of nitrogens with zero attached hydrogens (tertiary/aromatic N) is 2. The van der Waals surface area contributed by atoms with Crippen LogP contribution in [0.2, 0.25) is 0 Å². The van der Waals surface area contributed by atoms with E-state index in [0.717, 1.165) is 6.54 Å². The third kappa shape index (κ3) is 5.46. The second kappa shape index (κ2) is 5.35. The molecule has 0 aromatic carbocycles. The number of aryl methyl sites for hydroxylation is 2. The first-order chi connectivity index (χ1) is 5.56. The minimum Gasteiger partial charge on any atom is -0.862 e. The summed E-state index contributed by atoms with van der Waals surface area (Å²) in [6.45, 7) is 4.38. The Hall–Kier alpha value is -1.32. The van der Waals surface area contributed by atoms with Gasteiger partial charge in [-0.05, 0) is 19.7 Å². The maximum atomic E-state index is 9.11. The van der Waals surface area contributed by atoms with Crippen molar-refractivity contribution < 1.29 is 9.67 Å². The summed E-state index contributed by atoms with van der Waals surface area (Å²) in [4.78, 5) is 0. The molecule has 12 heavy (non-hydrogen) atoms. The Morgan fingerprint density at radius 1 is 1.67 bits per heavy atom. The number of hydrogen-bond acceptors (Lipinski definition) is 2. The third-order valence-electron chi connectivity index (χ3n) is 1.19. The van der Waals surface area contributed by atoms with E-state index in [1.807, 2.05) is 17.8 Å². The van der Waals surface area contributed by atoms with Gasteiger partial charge in [-0.3, -0.25) is 0 Å². The monoisotopic (exact) mass is 169 g/mol. The molecule has 4 heteroatoms. The van der Waals surface area contributed by atoms with E-state index in [1.165, 1.54) is 6.92 Å².